The SMILES string of the molecule is COc1cc(C=C2CC=C3COC[C@H](c4ccc(F)cc4)N3C2=O)ccc1-n1cnc(C)c1. The summed E-state index contributed by atoms with van der Waals surface area (Å²) in [4.78, 5) is 19.6. The van der Waals surface area contributed by atoms with Gasteiger partial charge >= 0.3 is 0 Å². The minimum Gasteiger partial charge on any atom is -0.495 e. The molecule has 2 aliphatic rings. The van der Waals surface area contributed by atoms with Crippen molar-refractivity contribution in [1.29, 1.82) is 0 Å². The van der Waals surface area contributed by atoms with Crippen molar-refractivity contribution in [2.45, 2.75) is 19.4 Å². The maximum atomic E-state index is 13.5. The number of aryl methyl sites for hydroxylation is 1. The van der Waals surface area contributed by atoms with Gasteiger partial charge in [-0.2, -0.15) is 0 Å². The first-order valence-corrected chi connectivity index (χ1v) is 10.8. The van der Waals surface area contributed by atoms with Crippen molar-refractivity contribution in [1.82, 2.24) is 14.5 Å². The fourth-order valence-electron chi connectivity index (χ4n) is 4.32. The molecule has 1 aromatic heterocycles. The Morgan fingerprint density at radius 1 is 1.21 bits per heavy atom. The van der Waals surface area contributed by atoms with Crippen LogP contribution in [-0.4, -0.2) is 40.7 Å². The van der Waals surface area contributed by atoms with Crippen molar-refractivity contribution >= 4 is 12.0 Å². The number of allylic oxidation sites excluding steroid dienone is 1. The number of halogens is 1. The number of hydrogen-bond acceptors (Lipinski definition) is 4. The Balaban J connectivity index is 1.46. The van der Waals surface area contributed by atoms with Crippen molar-refractivity contribution in [3.8, 4) is 11.4 Å². The van der Waals surface area contributed by atoms with Crippen molar-refractivity contribution < 1.29 is 18.7 Å². The van der Waals surface area contributed by atoms with Crippen LogP contribution < -0.4 is 4.74 Å². The number of imidazole rings is 1. The van der Waals surface area contributed by atoms with E-state index in [2.05, 4.69) is 4.98 Å². The predicted octanol–water partition coefficient (Wildman–Crippen LogP) is 4.60. The molecule has 1 amide bonds. The smallest absolute Gasteiger partial charge is 0.255 e. The number of carbonyl (C=O) groups is 1. The maximum Gasteiger partial charge on any atom is 0.255 e. The molecule has 0 bridgehead atoms. The zero-order valence-corrected chi connectivity index (χ0v) is 18.5. The molecule has 168 valence electrons. The van der Waals surface area contributed by atoms with Gasteiger partial charge in [-0.25, -0.2) is 9.37 Å². The lowest BCUT2D eigenvalue weighted by atomic mass is 9.96. The second kappa shape index (κ2) is 8.67. The third-order valence-corrected chi connectivity index (χ3v) is 5.99. The first-order valence-electron chi connectivity index (χ1n) is 10.8. The van der Waals surface area contributed by atoms with Gasteiger partial charge in [-0.3, -0.25) is 4.79 Å². The number of methoxy groups -OCH3 is 1. The molecule has 2 aliphatic heterocycles. The summed E-state index contributed by atoms with van der Waals surface area (Å²) < 4.78 is 26.7. The first kappa shape index (κ1) is 21.2. The second-order valence-corrected chi connectivity index (χ2v) is 8.18. The molecule has 1 fully saturated rings. The molecule has 3 heterocycles. The van der Waals surface area contributed by atoms with Crippen LogP contribution in [0.5, 0.6) is 5.75 Å². The van der Waals surface area contributed by atoms with Crippen LogP contribution in [0.25, 0.3) is 11.8 Å². The van der Waals surface area contributed by atoms with Crippen LogP contribution in [0.3, 0.4) is 0 Å². The third-order valence-electron chi connectivity index (χ3n) is 5.99. The Bertz CT molecular complexity index is 1260. The monoisotopic (exact) mass is 445 g/mol. The molecule has 0 spiro atoms. The molecule has 33 heavy (non-hydrogen) atoms. The number of morpholine rings is 1. The van der Waals surface area contributed by atoms with E-state index in [1.54, 1.807) is 30.5 Å². The zero-order valence-electron chi connectivity index (χ0n) is 18.5. The quantitative estimate of drug-likeness (QED) is 0.551. The van der Waals surface area contributed by atoms with Crippen LogP contribution in [0, 0.1) is 12.7 Å². The van der Waals surface area contributed by atoms with Gasteiger partial charge in [0.25, 0.3) is 5.91 Å². The van der Waals surface area contributed by atoms with Gasteiger partial charge in [-0.1, -0.05) is 24.3 Å². The number of fused-ring (bicyclic) bond motifs is 1. The Morgan fingerprint density at radius 2 is 2.03 bits per heavy atom. The maximum absolute atomic E-state index is 13.5. The van der Waals surface area contributed by atoms with E-state index in [1.165, 1.54) is 12.1 Å². The zero-order chi connectivity index (χ0) is 22.9. The van der Waals surface area contributed by atoms with E-state index in [1.807, 2.05) is 48.0 Å². The average Bonchev–Trinajstić information content (AvgIpc) is 3.27. The summed E-state index contributed by atoms with van der Waals surface area (Å²) >= 11 is 0. The van der Waals surface area contributed by atoms with Crippen molar-refractivity contribution in [2.24, 2.45) is 0 Å². The van der Waals surface area contributed by atoms with Crippen LogP contribution in [0.2, 0.25) is 0 Å². The lowest BCUT2D eigenvalue weighted by molar-refractivity contribution is -0.132. The van der Waals surface area contributed by atoms with Crippen LogP contribution in [0.4, 0.5) is 4.39 Å². The summed E-state index contributed by atoms with van der Waals surface area (Å²) in [6.45, 7) is 2.70. The average molecular weight is 445 g/mol. The van der Waals surface area contributed by atoms with E-state index in [-0.39, 0.29) is 17.8 Å². The molecule has 0 radical (unpaired) electrons. The van der Waals surface area contributed by atoms with E-state index in [0.29, 0.717) is 31.0 Å². The molecule has 1 saturated heterocycles. The molecular weight excluding hydrogens is 421 g/mol. The highest BCUT2D eigenvalue weighted by Crippen LogP contribution is 2.35. The molecule has 5 rings (SSSR count). The van der Waals surface area contributed by atoms with Gasteiger partial charge in [-0.05, 0) is 54.8 Å². The molecular formula is C26H24FN3O3. The van der Waals surface area contributed by atoms with Gasteiger partial charge in [0.05, 0.1) is 44.1 Å². The van der Waals surface area contributed by atoms with Crippen LogP contribution in [0.1, 0.15) is 29.3 Å². The number of hydrogen-bond donors (Lipinski definition) is 0. The molecule has 6 nitrogen and oxygen atoms in total. The topological polar surface area (TPSA) is 56.6 Å². The first-order chi connectivity index (χ1) is 16.0. The number of amides is 1. The highest BCUT2D eigenvalue weighted by molar-refractivity contribution is 6.00. The third kappa shape index (κ3) is 4.07. The Labute approximate surface area is 191 Å². The molecule has 0 unspecified atom stereocenters. The lowest BCUT2D eigenvalue weighted by Crippen LogP contribution is -2.44. The summed E-state index contributed by atoms with van der Waals surface area (Å²) in [6, 6.07) is 11.8. The van der Waals surface area contributed by atoms with Gasteiger partial charge in [0, 0.05) is 17.5 Å². The predicted molar refractivity (Wildman–Crippen MR) is 122 cm³/mol. The minimum absolute atomic E-state index is 0.0570. The number of ether oxygens (including phenoxy) is 2. The number of benzene rings is 2. The Morgan fingerprint density at radius 3 is 2.76 bits per heavy atom. The molecule has 2 aromatic carbocycles. The second-order valence-electron chi connectivity index (χ2n) is 8.18. The fraction of sp³-hybridized carbons (Fsp3) is 0.231. The normalized spacial score (nSPS) is 19.4. The van der Waals surface area contributed by atoms with Crippen LogP contribution in [-0.2, 0) is 9.53 Å². The van der Waals surface area contributed by atoms with Crippen molar-refractivity contribution in [2.75, 3.05) is 20.3 Å². The molecule has 7 heteroatoms. The summed E-state index contributed by atoms with van der Waals surface area (Å²) in [5.41, 5.74) is 5.04. The standard InChI is InChI=1S/C26H24FN3O3/c1-17-13-29(16-28-17)23-10-3-18(12-25(23)32-2)11-20-6-9-22-14-33-15-24(30(22)26(20)31)19-4-7-21(27)8-5-19/h3-5,7-13,16,24H,6,14-15H2,1-2H3/t24-/m1/s1. The summed E-state index contributed by atoms with van der Waals surface area (Å²) in [6.07, 6.45) is 8.13. The number of carbonyl (C=O) groups excluding carboxylic acids is 1. The molecule has 0 saturated carbocycles. The lowest BCUT2D eigenvalue weighted by Gasteiger charge is -2.40. The summed E-state index contributed by atoms with van der Waals surface area (Å²) in [5, 5.41) is 0. The number of aromatic nitrogens is 2. The number of rotatable bonds is 4. The van der Waals surface area contributed by atoms with E-state index in [4.69, 9.17) is 9.47 Å². The highest BCUT2D eigenvalue weighted by Gasteiger charge is 2.36. The largest absolute Gasteiger partial charge is 0.495 e. The van der Waals surface area contributed by atoms with Crippen molar-refractivity contribution in [3.05, 3.63) is 95.0 Å². The van der Waals surface area contributed by atoms with E-state index in [9.17, 15) is 9.18 Å². The summed E-state index contributed by atoms with van der Waals surface area (Å²) in [7, 11) is 1.63. The fourth-order valence-corrected chi connectivity index (χ4v) is 4.32. The minimum atomic E-state index is -0.306. The molecule has 0 aliphatic carbocycles. The van der Waals surface area contributed by atoms with Crippen LogP contribution in [0.15, 0.2) is 72.3 Å². The van der Waals surface area contributed by atoms with Crippen molar-refractivity contribution in [3.63, 3.8) is 0 Å². The van der Waals surface area contributed by atoms with E-state index in [0.717, 1.165) is 28.2 Å². The van der Waals surface area contributed by atoms with Gasteiger partial charge in [0.2, 0.25) is 0 Å². The van der Waals surface area contributed by atoms with Crippen LogP contribution >= 0.6 is 0 Å². The molecule has 3 aromatic rings. The molecule has 1 atom stereocenters. The Hall–Kier alpha value is -3.71. The van der Waals surface area contributed by atoms with Gasteiger partial charge < -0.3 is 18.9 Å². The van der Waals surface area contributed by atoms with E-state index >= 15 is 0 Å². The molecule has 0 N–H and O–H groups in total. The Kier molecular flexibility index (Phi) is 5.56. The highest BCUT2D eigenvalue weighted by atomic mass is 19.1. The van der Waals surface area contributed by atoms with Gasteiger partial charge in [0.1, 0.15) is 11.6 Å². The van der Waals surface area contributed by atoms with Gasteiger partial charge in [-0.15, -0.1) is 0 Å². The summed E-state index contributed by atoms with van der Waals surface area (Å²) in [5.74, 6) is 0.329. The number of nitrogens with zero attached hydrogens (tertiary/aromatic N) is 3. The van der Waals surface area contributed by atoms with E-state index < -0.39 is 0 Å². The van der Waals surface area contributed by atoms with Gasteiger partial charge in [0.15, 0.2) is 0 Å².